The van der Waals surface area contributed by atoms with E-state index in [-0.39, 0.29) is 5.69 Å². The van der Waals surface area contributed by atoms with Crippen LogP contribution in [0.15, 0.2) is 28.4 Å². The maximum Gasteiger partial charge on any atom is 0.355 e. The lowest BCUT2D eigenvalue weighted by molar-refractivity contribution is 0.0691. The van der Waals surface area contributed by atoms with E-state index in [2.05, 4.69) is 25.9 Å². The first-order valence-electron chi connectivity index (χ1n) is 6.17. The molecule has 0 radical (unpaired) electrons. The van der Waals surface area contributed by atoms with Gasteiger partial charge in [0.2, 0.25) is 0 Å². The van der Waals surface area contributed by atoms with E-state index in [0.717, 1.165) is 21.8 Å². The summed E-state index contributed by atoms with van der Waals surface area (Å²) in [5.74, 6) is -0.993. The maximum absolute atomic E-state index is 10.8. The highest BCUT2D eigenvalue weighted by Crippen LogP contribution is 2.23. The van der Waals surface area contributed by atoms with Crippen molar-refractivity contribution in [1.82, 2.24) is 20.5 Å². The minimum absolute atomic E-state index is 0.0964. The van der Waals surface area contributed by atoms with Gasteiger partial charge in [0.15, 0.2) is 5.69 Å². The quantitative estimate of drug-likeness (QED) is 0.649. The Morgan fingerprint density at radius 3 is 3.00 bits per heavy atom. The van der Waals surface area contributed by atoms with Crippen molar-refractivity contribution in [2.75, 3.05) is 0 Å². The lowest BCUT2D eigenvalue weighted by atomic mass is 10.1. The van der Waals surface area contributed by atoms with Crippen LogP contribution in [0.5, 0.6) is 0 Å². The normalized spacial score (nSPS) is 10.9. The van der Waals surface area contributed by atoms with E-state index in [1.807, 2.05) is 11.4 Å². The average Bonchev–Trinajstić information content (AvgIpc) is 3.20. The number of aromatic amines is 1. The molecule has 3 heterocycles. The van der Waals surface area contributed by atoms with Gasteiger partial charge < -0.3 is 10.4 Å². The number of hydrogen-bond acceptors (Lipinski definition) is 6. The molecule has 6 nitrogen and oxygen atoms in total. The van der Waals surface area contributed by atoms with Gasteiger partial charge in [0.05, 0.1) is 11.9 Å². The number of rotatable bonds is 6. The minimum Gasteiger partial charge on any atom is -0.476 e. The number of carbonyl (C=O) groups is 1. The minimum atomic E-state index is -0.993. The summed E-state index contributed by atoms with van der Waals surface area (Å²) < 4.78 is 0. The Morgan fingerprint density at radius 1 is 1.38 bits per heavy atom. The molecule has 0 saturated heterocycles. The molecule has 108 valence electrons. The number of carboxylic acid groups (broad SMARTS) is 1. The zero-order valence-electron chi connectivity index (χ0n) is 10.9. The number of thiophene rings is 1. The molecule has 0 atom stereocenters. The van der Waals surface area contributed by atoms with Crippen molar-refractivity contribution in [1.29, 1.82) is 0 Å². The van der Waals surface area contributed by atoms with E-state index >= 15 is 0 Å². The molecule has 0 aliphatic heterocycles. The second-order valence-electron chi connectivity index (χ2n) is 4.32. The van der Waals surface area contributed by atoms with Crippen LogP contribution in [-0.4, -0.2) is 26.3 Å². The first-order chi connectivity index (χ1) is 10.2. The Bertz CT molecular complexity index is 733. The molecule has 3 aromatic heterocycles. The lowest BCUT2D eigenvalue weighted by Gasteiger charge is -2.03. The number of thiazole rings is 1. The van der Waals surface area contributed by atoms with Crippen LogP contribution in [0.4, 0.5) is 0 Å². The second kappa shape index (κ2) is 6.17. The van der Waals surface area contributed by atoms with Crippen molar-refractivity contribution in [3.05, 3.63) is 44.7 Å². The highest BCUT2D eigenvalue weighted by atomic mass is 32.1. The van der Waals surface area contributed by atoms with Gasteiger partial charge >= 0.3 is 5.97 Å². The first kappa shape index (κ1) is 13.9. The Morgan fingerprint density at radius 2 is 2.29 bits per heavy atom. The van der Waals surface area contributed by atoms with Gasteiger partial charge in [0.1, 0.15) is 5.01 Å². The summed E-state index contributed by atoms with van der Waals surface area (Å²) in [6.45, 7) is 1.18. The summed E-state index contributed by atoms with van der Waals surface area (Å²) in [6.07, 6.45) is 1.80. The summed E-state index contributed by atoms with van der Waals surface area (Å²) >= 11 is 2.98. The summed E-state index contributed by atoms with van der Waals surface area (Å²) in [5.41, 5.74) is 3.30. The van der Waals surface area contributed by atoms with Gasteiger partial charge in [0, 0.05) is 35.0 Å². The average molecular weight is 320 g/mol. The maximum atomic E-state index is 10.8. The van der Waals surface area contributed by atoms with Crippen molar-refractivity contribution >= 4 is 28.6 Å². The monoisotopic (exact) mass is 320 g/mol. The molecule has 0 unspecified atom stereocenters. The molecule has 3 rings (SSSR count). The van der Waals surface area contributed by atoms with Crippen LogP contribution in [-0.2, 0) is 13.1 Å². The first-order valence-corrected chi connectivity index (χ1v) is 7.99. The number of nitrogens with zero attached hydrogens (tertiary/aromatic N) is 2. The Balaban J connectivity index is 1.61. The van der Waals surface area contributed by atoms with Gasteiger partial charge in [-0.1, -0.05) is 0 Å². The smallest absolute Gasteiger partial charge is 0.355 e. The standard InChI is InChI=1S/C13H12N4O2S2/c18-13(19)10-7-21-11(16-10)5-14-3-9-4-15-17-12(9)8-1-2-20-6-8/h1-2,4,6-7,14H,3,5H2,(H,15,17)(H,18,19). The van der Waals surface area contributed by atoms with Crippen molar-refractivity contribution in [2.45, 2.75) is 13.1 Å². The largest absolute Gasteiger partial charge is 0.476 e. The molecule has 0 aliphatic rings. The Labute approximate surface area is 128 Å². The van der Waals surface area contributed by atoms with Gasteiger partial charge in [-0.3, -0.25) is 5.10 Å². The van der Waals surface area contributed by atoms with Crippen molar-refractivity contribution in [3.8, 4) is 11.3 Å². The number of H-pyrrole nitrogens is 1. The molecule has 0 fully saturated rings. The molecule has 0 aliphatic carbocycles. The molecule has 0 spiro atoms. The topological polar surface area (TPSA) is 90.9 Å². The van der Waals surface area contributed by atoms with E-state index in [4.69, 9.17) is 5.11 Å². The zero-order valence-corrected chi connectivity index (χ0v) is 12.5. The van der Waals surface area contributed by atoms with Gasteiger partial charge in [0.25, 0.3) is 0 Å². The van der Waals surface area contributed by atoms with Crippen LogP contribution in [0.1, 0.15) is 21.1 Å². The van der Waals surface area contributed by atoms with Gasteiger partial charge in [-0.05, 0) is 11.4 Å². The van der Waals surface area contributed by atoms with Crippen molar-refractivity contribution in [2.24, 2.45) is 0 Å². The highest BCUT2D eigenvalue weighted by Gasteiger charge is 2.10. The molecule has 8 heteroatoms. The van der Waals surface area contributed by atoms with E-state index in [0.29, 0.717) is 13.1 Å². The SMILES string of the molecule is O=C(O)c1csc(CNCc2cn[nH]c2-c2ccsc2)n1. The fourth-order valence-electron chi connectivity index (χ4n) is 1.90. The molecular weight excluding hydrogens is 308 g/mol. The van der Waals surface area contributed by atoms with Gasteiger partial charge in [-0.15, -0.1) is 11.3 Å². The predicted octanol–water partition coefficient (Wildman–Crippen LogP) is 2.58. The van der Waals surface area contributed by atoms with Crippen LogP contribution in [0, 0.1) is 0 Å². The van der Waals surface area contributed by atoms with Crippen LogP contribution >= 0.6 is 22.7 Å². The van der Waals surface area contributed by atoms with Crippen LogP contribution in [0.25, 0.3) is 11.3 Å². The van der Waals surface area contributed by atoms with Crippen LogP contribution in [0.3, 0.4) is 0 Å². The molecule has 3 N–H and O–H groups in total. The van der Waals surface area contributed by atoms with E-state index in [9.17, 15) is 4.79 Å². The van der Waals surface area contributed by atoms with Crippen LogP contribution in [0.2, 0.25) is 0 Å². The third-order valence-electron chi connectivity index (χ3n) is 2.89. The molecule has 0 amide bonds. The van der Waals surface area contributed by atoms with E-state index in [1.54, 1.807) is 22.9 Å². The number of aromatic carboxylic acids is 1. The number of carboxylic acids is 1. The third-order valence-corrected chi connectivity index (χ3v) is 4.42. The molecule has 0 saturated carbocycles. The summed E-state index contributed by atoms with van der Waals surface area (Å²) in [7, 11) is 0. The van der Waals surface area contributed by atoms with Crippen molar-refractivity contribution in [3.63, 3.8) is 0 Å². The molecule has 3 aromatic rings. The van der Waals surface area contributed by atoms with Gasteiger partial charge in [-0.25, -0.2) is 9.78 Å². The lowest BCUT2D eigenvalue weighted by Crippen LogP contribution is -2.13. The third kappa shape index (κ3) is 3.18. The molecular formula is C13H12N4O2S2. The van der Waals surface area contributed by atoms with E-state index < -0.39 is 5.97 Å². The van der Waals surface area contributed by atoms with E-state index in [1.165, 1.54) is 11.3 Å². The highest BCUT2D eigenvalue weighted by molar-refractivity contribution is 7.09. The number of aromatic nitrogens is 3. The van der Waals surface area contributed by atoms with Crippen LogP contribution < -0.4 is 5.32 Å². The Hall–Kier alpha value is -2.03. The Kier molecular flexibility index (Phi) is 4.09. The summed E-state index contributed by atoms with van der Waals surface area (Å²) in [4.78, 5) is 14.8. The number of hydrogen-bond donors (Lipinski definition) is 3. The summed E-state index contributed by atoms with van der Waals surface area (Å²) in [5, 5.41) is 25.6. The fraction of sp³-hybridized carbons (Fsp3) is 0.154. The molecule has 0 bridgehead atoms. The zero-order chi connectivity index (χ0) is 14.7. The number of nitrogens with one attached hydrogen (secondary N) is 2. The van der Waals surface area contributed by atoms with Gasteiger partial charge in [-0.2, -0.15) is 16.4 Å². The second-order valence-corrected chi connectivity index (χ2v) is 6.04. The predicted molar refractivity (Wildman–Crippen MR) is 81.5 cm³/mol. The molecule has 21 heavy (non-hydrogen) atoms. The molecule has 0 aromatic carbocycles. The van der Waals surface area contributed by atoms with Crippen molar-refractivity contribution < 1.29 is 9.90 Å². The fourth-order valence-corrected chi connectivity index (χ4v) is 3.28. The summed E-state index contributed by atoms with van der Waals surface area (Å²) in [6, 6.07) is 2.04.